The van der Waals surface area contributed by atoms with Crippen molar-refractivity contribution in [3.63, 3.8) is 0 Å². The quantitative estimate of drug-likeness (QED) is 0.336. The second kappa shape index (κ2) is 8.09. The molecule has 0 unspecified atom stereocenters. The summed E-state index contributed by atoms with van der Waals surface area (Å²) in [5, 5.41) is 0. The molecule has 4 aromatic rings. The van der Waals surface area contributed by atoms with Crippen LogP contribution in [-0.2, 0) is 12.8 Å². The Hall–Kier alpha value is -3.71. The van der Waals surface area contributed by atoms with Gasteiger partial charge in [0.25, 0.3) is 0 Å². The average molecular weight is 412 g/mol. The average Bonchev–Trinajstić information content (AvgIpc) is 3.44. The molecule has 1 nitrogen and oxygen atoms in total. The second-order valence-electron chi connectivity index (χ2n) is 8.67. The number of pyridine rings is 1. The molecule has 154 valence electrons. The van der Waals surface area contributed by atoms with Crippen LogP contribution in [-0.4, -0.2) is 4.98 Å². The van der Waals surface area contributed by atoms with Crippen molar-refractivity contribution in [3.05, 3.63) is 125 Å². The highest BCUT2D eigenvalue weighted by Crippen LogP contribution is 2.46. The van der Waals surface area contributed by atoms with E-state index in [-0.39, 0.29) is 0 Å². The molecule has 1 aromatic heterocycles. The lowest BCUT2D eigenvalue weighted by molar-refractivity contribution is 1.05. The maximum Gasteiger partial charge on any atom is 0.0707 e. The summed E-state index contributed by atoms with van der Waals surface area (Å²) in [5.41, 5.74) is 13.2. The van der Waals surface area contributed by atoms with Crippen LogP contribution in [0, 0.1) is 0 Å². The first-order valence-electron chi connectivity index (χ1n) is 11.5. The zero-order valence-corrected chi connectivity index (χ0v) is 18.1. The van der Waals surface area contributed by atoms with Gasteiger partial charge in [0.2, 0.25) is 0 Å². The van der Waals surface area contributed by atoms with E-state index in [4.69, 9.17) is 4.98 Å². The first-order valence-corrected chi connectivity index (χ1v) is 11.5. The van der Waals surface area contributed by atoms with Gasteiger partial charge >= 0.3 is 0 Å². The standard InChI is InChI=1S/C31H25N/c1-4-10-22(11-5-1)20-25-16-18-27-29(24-14-8-3-9-15-24)28-19-17-26(31(28)32-30(25)27)21-23-12-6-2-7-13-23/h1-15,20-21H,16-19H2/b25-20+,26-21?. The third-order valence-electron chi connectivity index (χ3n) is 6.64. The Morgan fingerprint density at radius 2 is 0.938 bits per heavy atom. The zero-order chi connectivity index (χ0) is 21.3. The van der Waals surface area contributed by atoms with Gasteiger partial charge in [-0.1, -0.05) is 91.0 Å². The summed E-state index contributed by atoms with van der Waals surface area (Å²) in [6.45, 7) is 0. The van der Waals surface area contributed by atoms with Crippen LogP contribution in [0.15, 0.2) is 91.0 Å². The first kappa shape index (κ1) is 19.0. The van der Waals surface area contributed by atoms with Crippen LogP contribution in [0.5, 0.6) is 0 Å². The van der Waals surface area contributed by atoms with E-state index in [9.17, 15) is 0 Å². The predicted octanol–water partition coefficient (Wildman–Crippen LogP) is 7.72. The molecule has 0 aliphatic heterocycles. The fraction of sp³-hybridized carbons (Fsp3) is 0.129. The van der Waals surface area contributed by atoms with Gasteiger partial charge in [0.1, 0.15) is 0 Å². The molecule has 2 aliphatic rings. The molecule has 0 radical (unpaired) electrons. The van der Waals surface area contributed by atoms with Gasteiger partial charge in [0.15, 0.2) is 0 Å². The Labute approximate surface area is 189 Å². The molecular weight excluding hydrogens is 386 g/mol. The van der Waals surface area contributed by atoms with Crippen molar-refractivity contribution >= 4 is 23.3 Å². The van der Waals surface area contributed by atoms with E-state index in [2.05, 4.69) is 103 Å². The number of rotatable bonds is 3. The number of hydrogen-bond acceptors (Lipinski definition) is 1. The second-order valence-corrected chi connectivity index (χ2v) is 8.67. The van der Waals surface area contributed by atoms with Crippen LogP contribution in [0.3, 0.4) is 0 Å². The Kier molecular flexibility index (Phi) is 4.81. The van der Waals surface area contributed by atoms with E-state index in [1.54, 1.807) is 0 Å². The van der Waals surface area contributed by atoms with Crippen LogP contribution in [0.1, 0.15) is 46.5 Å². The minimum Gasteiger partial charge on any atom is -0.248 e. The van der Waals surface area contributed by atoms with Gasteiger partial charge in [-0.15, -0.1) is 0 Å². The van der Waals surface area contributed by atoms with Crippen molar-refractivity contribution in [1.29, 1.82) is 0 Å². The first-order chi connectivity index (χ1) is 15.9. The molecule has 0 saturated heterocycles. The topological polar surface area (TPSA) is 12.9 Å². The molecule has 0 bridgehead atoms. The maximum absolute atomic E-state index is 5.34. The molecule has 1 heteroatoms. The summed E-state index contributed by atoms with van der Waals surface area (Å²) in [6.07, 6.45) is 8.90. The van der Waals surface area contributed by atoms with Gasteiger partial charge in [-0.2, -0.15) is 0 Å². The summed E-state index contributed by atoms with van der Waals surface area (Å²) >= 11 is 0. The number of allylic oxidation sites excluding steroid dienone is 2. The Balaban J connectivity index is 1.56. The molecule has 0 saturated carbocycles. The van der Waals surface area contributed by atoms with Gasteiger partial charge in [-0.25, -0.2) is 4.98 Å². The van der Waals surface area contributed by atoms with Gasteiger partial charge < -0.3 is 0 Å². The molecule has 32 heavy (non-hydrogen) atoms. The molecule has 1 heterocycles. The molecular formula is C31H25N. The minimum atomic E-state index is 1.05. The predicted molar refractivity (Wildman–Crippen MR) is 135 cm³/mol. The van der Waals surface area contributed by atoms with Crippen LogP contribution in [0.25, 0.3) is 34.4 Å². The highest BCUT2D eigenvalue weighted by molar-refractivity contribution is 5.93. The van der Waals surface area contributed by atoms with Crippen molar-refractivity contribution in [3.8, 4) is 11.1 Å². The lowest BCUT2D eigenvalue weighted by Crippen LogP contribution is -2.00. The van der Waals surface area contributed by atoms with E-state index in [1.807, 2.05) is 0 Å². The third-order valence-corrected chi connectivity index (χ3v) is 6.64. The lowest BCUT2D eigenvalue weighted by Gasteiger charge is -2.15. The summed E-state index contributed by atoms with van der Waals surface area (Å²) in [6, 6.07) is 32.2. The number of hydrogen-bond donors (Lipinski definition) is 0. The monoisotopic (exact) mass is 411 g/mol. The number of nitrogens with zero attached hydrogens (tertiary/aromatic N) is 1. The maximum atomic E-state index is 5.34. The van der Waals surface area contributed by atoms with E-state index < -0.39 is 0 Å². The minimum absolute atomic E-state index is 1.05. The normalized spacial score (nSPS) is 17.0. The third kappa shape index (κ3) is 3.40. The molecule has 0 amide bonds. The van der Waals surface area contributed by atoms with Gasteiger partial charge in [0, 0.05) is 0 Å². The van der Waals surface area contributed by atoms with Crippen molar-refractivity contribution < 1.29 is 0 Å². The highest BCUT2D eigenvalue weighted by Gasteiger charge is 2.30. The van der Waals surface area contributed by atoms with E-state index in [0.29, 0.717) is 0 Å². The molecule has 0 N–H and O–H groups in total. The SMILES string of the molecule is C(=C1CCc2c1nc1c(c2-c2ccccc2)CC/C1=C\c1ccccc1)c1ccccc1. The van der Waals surface area contributed by atoms with Crippen LogP contribution in [0.4, 0.5) is 0 Å². The summed E-state index contributed by atoms with van der Waals surface area (Å²) in [7, 11) is 0. The van der Waals surface area contributed by atoms with Gasteiger partial charge in [-0.05, 0) is 82.4 Å². The van der Waals surface area contributed by atoms with Crippen molar-refractivity contribution in [2.75, 3.05) is 0 Å². The molecule has 0 atom stereocenters. The number of aromatic nitrogens is 1. The Bertz CT molecular complexity index is 1250. The van der Waals surface area contributed by atoms with Gasteiger partial charge in [0.05, 0.1) is 11.4 Å². The van der Waals surface area contributed by atoms with Crippen LogP contribution in [0.2, 0.25) is 0 Å². The largest absolute Gasteiger partial charge is 0.248 e. The van der Waals surface area contributed by atoms with Crippen LogP contribution >= 0.6 is 0 Å². The fourth-order valence-corrected chi connectivity index (χ4v) is 5.18. The van der Waals surface area contributed by atoms with Crippen LogP contribution < -0.4 is 0 Å². The van der Waals surface area contributed by atoms with E-state index >= 15 is 0 Å². The molecule has 2 aliphatic carbocycles. The smallest absolute Gasteiger partial charge is 0.0707 e. The van der Waals surface area contributed by atoms with Gasteiger partial charge in [-0.3, -0.25) is 0 Å². The van der Waals surface area contributed by atoms with Crippen molar-refractivity contribution in [1.82, 2.24) is 4.98 Å². The Morgan fingerprint density at radius 1 is 0.500 bits per heavy atom. The molecule has 3 aromatic carbocycles. The summed E-state index contributed by atoms with van der Waals surface area (Å²) < 4.78 is 0. The molecule has 0 fully saturated rings. The zero-order valence-electron chi connectivity index (χ0n) is 18.1. The highest BCUT2D eigenvalue weighted by atomic mass is 14.8. The van der Waals surface area contributed by atoms with E-state index in [1.165, 1.54) is 55.9 Å². The van der Waals surface area contributed by atoms with Crippen molar-refractivity contribution in [2.45, 2.75) is 25.7 Å². The molecule has 0 spiro atoms. The molecule has 6 rings (SSSR count). The number of fused-ring (bicyclic) bond motifs is 2. The van der Waals surface area contributed by atoms with E-state index in [0.717, 1.165) is 25.7 Å². The fourth-order valence-electron chi connectivity index (χ4n) is 5.18. The lowest BCUT2D eigenvalue weighted by atomic mass is 9.93. The summed E-state index contributed by atoms with van der Waals surface area (Å²) in [5.74, 6) is 0. The number of benzene rings is 3. The van der Waals surface area contributed by atoms with Crippen molar-refractivity contribution in [2.24, 2.45) is 0 Å². The summed E-state index contributed by atoms with van der Waals surface area (Å²) in [4.78, 5) is 5.34. The Morgan fingerprint density at radius 3 is 1.41 bits per heavy atom.